The number of anilines is 1. The largest absolute Gasteiger partial charge is 0.341 e. The van der Waals surface area contributed by atoms with Gasteiger partial charge in [-0.3, -0.25) is 4.79 Å². The van der Waals surface area contributed by atoms with Crippen molar-refractivity contribution in [2.45, 2.75) is 25.6 Å². The normalized spacial score (nSPS) is 13.3. The number of amides is 1. The van der Waals surface area contributed by atoms with Crippen LogP contribution in [0.25, 0.3) is 21.8 Å². The van der Waals surface area contributed by atoms with Crippen molar-refractivity contribution in [2.24, 2.45) is 0 Å². The van der Waals surface area contributed by atoms with Gasteiger partial charge in [-0.15, -0.1) is 0 Å². The summed E-state index contributed by atoms with van der Waals surface area (Å²) in [4.78, 5) is 12.1. The number of hydrogen-bond donors (Lipinski definition) is 1. The summed E-state index contributed by atoms with van der Waals surface area (Å²) >= 11 is 0. The van der Waals surface area contributed by atoms with Gasteiger partial charge in [-0.25, -0.2) is 8.42 Å². The lowest BCUT2D eigenvalue weighted by atomic mass is 10.1. The number of benzene rings is 2. The molecule has 0 bridgehead atoms. The van der Waals surface area contributed by atoms with Gasteiger partial charge in [-0.2, -0.15) is 0 Å². The van der Waals surface area contributed by atoms with Crippen molar-refractivity contribution in [1.29, 1.82) is 0 Å². The van der Waals surface area contributed by atoms with Crippen molar-refractivity contribution < 1.29 is 13.2 Å². The van der Waals surface area contributed by atoms with Gasteiger partial charge in [0.15, 0.2) is 9.84 Å². The molecule has 0 aliphatic heterocycles. The maximum Gasteiger partial charge on any atom is 0.242 e. The zero-order valence-electron chi connectivity index (χ0n) is 13.9. The molecule has 0 saturated heterocycles. The number of carbonyl (C=O) groups is 1. The van der Waals surface area contributed by atoms with Crippen molar-refractivity contribution in [1.82, 2.24) is 4.57 Å². The first kappa shape index (κ1) is 16.5. The van der Waals surface area contributed by atoms with Crippen LogP contribution in [0, 0.1) is 0 Å². The van der Waals surface area contributed by atoms with Crippen LogP contribution in [0.3, 0.4) is 0 Å². The van der Waals surface area contributed by atoms with E-state index in [0.717, 1.165) is 34.6 Å². The Kier molecular flexibility index (Phi) is 4.09. The summed E-state index contributed by atoms with van der Waals surface area (Å²) < 4.78 is 25.3. The predicted molar refractivity (Wildman–Crippen MR) is 98.1 cm³/mol. The van der Waals surface area contributed by atoms with Crippen LogP contribution in [0.4, 0.5) is 5.69 Å². The Bertz CT molecular complexity index is 1040. The highest BCUT2D eigenvalue weighted by Crippen LogP contribution is 2.31. The molecule has 0 saturated carbocycles. The Morgan fingerprint density at radius 2 is 1.79 bits per heavy atom. The molecule has 0 radical (unpaired) electrons. The Morgan fingerprint density at radius 3 is 2.46 bits per heavy atom. The molecule has 126 valence electrons. The third-order valence-corrected chi connectivity index (χ3v) is 5.87. The zero-order valence-corrected chi connectivity index (χ0v) is 14.7. The predicted octanol–water partition coefficient (Wildman–Crippen LogP) is 3.19. The lowest BCUT2D eigenvalue weighted by Gasteiger charge is -2.11. The van der Waals surface area contributed by atoms with Crippen LogP contribution in [-0.2, 0) is 21.2 Å². The molecule has 3 rings (SSSR count). The number of aromatic nitrogens is 1. The van der Waals surface area contributed by atoms with E-state index in [1.54, 1.807) is 6.07 Å². The van der Waals surface area contributed by atoms with Crippen molar-refractivity contribution in [2.75, 3.05) is 11.6 Å². The molecule has 0 unspecified atom stereocenters. The molecular formula is C18H20N2O3S. The highest BCUT2D eigenvalue weighted by molar-refractivity contribution is 7.92. The Hall–Kier alpha value is -2.34. The standard InChI is InChI=1S/C18H20N2O3S/c1-4-20-16-8-6-5-7-14(16)15-11-13(9-10-17(15)20)19-18(21)12(2)24(3,22)23/h5-12H,4H2,1-3H3,(H,19,21)/t12-/m0/s1. The van der Waals surface area contributed by atoms with E-state index < -0.39 is 21.0 Å². The van der Waals surface area contributed by atoms with Crippen molar-refractivity contribution in [3.63, 3.8) is 0 Å². The molecular weight excluding hydrogens is 324 g/mol. The first-order valence-corrected chi connectivity index (χ1v) is 9.79. The summed E-state index contributed by atoms with van der Waals surface area (Å²) in [5, 5.41) is 3.78. The molecule has 0 fully saturated rings. The van der Waals surface area contributed by atoms with Gasteiger partial charge in [0, 0.05) is 40.3 Å². The summed E-state index contributed by atoms with van der Waals surface area (Å²) in [6.45, 7) is 4.34. The fourth-order valence-electron chi connectivity index (χ4n) is 2.91. The van der Waals surface area contributed by atoms with Gasteiger partial charge >= 0.3 is 0 Å². The first-order valence-electron chi connectivity index (χ1n) is 7.83. The van der Waals surface area contributed by atoms with Gasteiger partial charge in [0.1, 0.15) is 5.25 Å². The summed E-state index contributed by atoms with van der Waals surface area (Å²) in [7, 11) is -3.42. The Morgan fingerprint density at radius 1 is 1.12 bits per heavy atom. The van der Waals surface area contributed by atoms with E-state index in [1.807, 2.05) is 24.3 Å². The SMILES string of the molecule is CCn1c2ccccc2c2cc(NC(=O)[C@H](C)S(C)(=O)=O)ccc21. The highest BCUT2D eigenvalue weighted by Gasteiger charge is 2.23. The van der Waals surface area contributed by atoms with Crippen molar-refractivity contribution >= 4 is 43.2 Å². The molecule has 1 aromatic heterocycles. The number of nitrogens with one attached hydrogen (secondary N) is 1. The minimum atomic E-state index is -3.42. The fourth-order valence-corrected chi connectivity index (χ4v) is 3.36. The average molecular weight is 344 g/mol. The zero-order chi connectivity index (χ0) is 17.5. The van der Waals surface area contributed by atoms with Gasteiger partial charge in [-0.1, -0.05) is 18.2 Å². The molecule has 6 heteroatoms. The fraction of sp³-hybridized carbons (Fsp3) is 0.278. The number of para-hydroxylation sites is 1. The van der Waals surface area contributed by atoms with Gasteiger partial charge in [-0.05, 0) is 38.1 Å². The van der Waals surface area contributed by atoms with Crippen LogP contribution >= 0.6 is 0 Å². The number of rotatable bonds is 4. The minimum Gasteiger partial charge on any atom is -0.341 e. The lowest BCUT2D eigenvalue weighted by molar-refractivity contribution is -0.115. The topological polar surface area (TPSA) is 68.2 Å². The minimum absolute atomic E-state index is 0.518. The van der Waals surface area contributed by atoms with E-state index in [2.05, 4.69) is 28.9 Å². The number of sulfone groups is 1. The van der Waals surface area contributed by atoms with Crippen molar-refractivity contribution in [3.8, 4) is 0 Å². The van der Waals surface area contributed by atoms with E-state index >= 15 is 0 Å². The summed E-state index contributed by atoms with van der Waals surface area (Å²) in [6, 6.07) is 13.8. The van der Waals surface area contributed by atoms with Crippen LogP contribution in [0.5, 0.6) is 0 Å². The van der Waals surface area contributed by atoms with Gasteiger partial charge < -0.3 is 9.88 Å². The van der Waals surface area contributed by atoms with Crippen LogP contribution < -0.4 is 5.32 Å². The third kappa shape index (κ3) is 2.78. The molecule has 0 aliphatic rings. The molecule has 3 aromatic rings. The second-order valence-corrected chi connectivity index (χ2v) is 8.32. The maximum absolute atomic E-state index is 12.1. The second-order valence-electron chi connectivity index (χ2n) is 5.95. The summed E-state index contributed by atoms with van der Waals surface area (Å²) in [5.74, 6) is -0.518. The van der Waals surface area contributed by atoms with E-state index in [4.69, 9.17) is 0 Å². The summed E-state index contributed by atoms with van der Waals surface area (Å²) in [6.07, 6.45) is 1.06. The highest BCUT2D eigenvalue weighted by atomic mass is 32.2. The first-order chi connectivity index (χ1) is 11.3. The molecule has 2 aromatic carbocycles. The van der Waals surface area contributed by atoms with Crippen LogP contribution in [0.2, 0.25) is 0 Å². The Labute approximate surface area is 141 Å². The number of carbonyl (C=O) groups excluding carboxylic acids is 1. The second kappa shape index (κ2) is 5.94. The molecule has 1 heterocycles. The number of hydrogen-bond acceptors (Lipinski definition) is 3. The summed E-state index contributed by atoms with van der Waals surface area (Å²) in [5.41, 5.74) is 2.83. The van der Waals surface area contributed by atoms with Gasteiger partial charge in [0.25, 0.3) is 0 Å². The molecule has 0 spiro atoms. The number of aryl methyl sites for hydroxylation is 1. The molecule has 0 aliphatic carbocycles. The molecule has 1 atom stereocenters. The molecule has 1 amide bonds. The van der Waals surface area contributed by atoms with Crippen molar-refractivity contribution in [3.05, 3.63) is 42.5 Å². The van der Waals surface area contributed by atoms with E-state index in [9.17, 15) is 13.2 Å². The smallest absolute Gasteiger partial charge is 0.242 e. The van der Waals surface area contributed by atoms with E-state index in [1.165, 1.54) is 6.92 Å². The average Bonchev–Trinajstić information content (AvgIpc) is 2.86. The molecule has 24 heavy (non-hydrogen) atoms. The lowest BCUT2D eigenvalue weighted by Crippen LogP contribution is -2.31. The van der Waals surface area contributed by atoms with E-state index in [0.29, 0.717) is 5.69 Å². The van der Waals surface area contributed by atoms with Gasteiger partial charge in [0.2, 0.25) is 5.91 Å². The van der Waals surface area contributed by atoms with E-state index in [-0.39, 0.29) is 0 Å². The quantitative estimate of drug-likeness (QED) is 0.790. The van der Waals surface area contributed by atoms with Crippen LogP contribution in [-0.4, -0.2) is 30.4 Å². The maximum atomic E-state index is 12.1. The molecule has 1 N–H and O–H groups in total. The number of nitrogens with zero attached hydrogens (tertiary/aromatic N) is 1. The third-order valence-electron chi connectivity index (χ3n) is 4.37. The van der Waals surface area contributed by atoms with Crippen LogP contribution in [0.1, 0.15) is 13.8 Å². The van der Waals surface area contributed by atoms with Crippen LogP contribution in [0.15, 0.2) is 42.5 Å². The number of fused-ring (bicyclic) bond motifs is 3. The Balaban J connectivity index is 2.06. The monoisotopic (exact) mass is 344 g/mol. The molecule has 5 nitrogen and oxygen atoms in total. The van der Waals surface area contributed by atoms with Gasteiger partial charge in [0.05, 0.1) is 0 Å².